The maximum absolute atomic E-state index is 11.1. The maximum atomic E-state index is 11.1. The van der Waals surface area contributed by atoms with Gasteiger partial charge in [0.05, 0.1) is 7.11 Å². The Bertz CT molecular complexity index is 399. The van der Waals surface area contributed by atoms with Gasteiger partial charge in [-0.1, -0.05) is 6.07 Å². The minimum absolute atomic E-state index is 0.0905. The molecule has 88 valence electrons. The summed E-state index contributed by atoms with van der Waals surface area (Å²) in [7, 11) is 1.62. The Morgan fingerprint density at radius 3 is 2.44 bits per heavy atom. The standard InChI is InChI=1S/C13H19NO2/c1-8-5-11(12(14)7-10(3)15)13(16-4)6-9(8)2/h5-6,12H,7,14H2,1-4H3. The molecule has 2 N–H and O–H groups in total. The number of ketones is 1. The molecule has 0 fully saturated rings. The first-order valence-corrected chi connectivity index (χ1v) is 5.36. The van der Waals surface area contributed by atoms with Crippen LogP contribution in [0.15, 0.2) is 12.1 Å². The molecular weight excluding hydrogens is 202 g/mol. The zero-order valence-electron chi connectivity index (χ0n) is 10.3. The lowest BCUT2D eigenvalue weighted by atomic mass is 9.97. The van der Waals surface area contributed by atoms with E-state index in [0.29, 0.717) is 6.42 Å². The Morgan fingerprint density at radius 2 is 1.94 bits per heavy atom. The highest BCUT2D eigenvalue weighted by Crippen LogP contribution is 2.28. The van der Waals surface area contributed by atoms with Crippen molar-refractivity contribution in [1.82, 2.24) is 0 Å². The number of ether oxygens (including phenoxy) is 1. The third-order valence-corrected chi connectivity index (χ3v) is 2.75. The summed E-state index contributed by atoms with van der Waals surface area (Å²) in [6, 6.07) is 3.68. The van der Waals surface area contributed by atoms with Gasteiger partial charge in [-0.25, -0.2) is 0 Å². The lowest BCUT2D eigenvalue weighted by molar-refractivity contribution is -0.117. The molecule has 0 aliphatic heterocycles. The molecule has 1 rings (SSSR count). The summed E-state index contributed by atoms with van der Waals surface area (Å²) in [6.45, 7) is 5.60. The second-order valence-electron chi connectivity index (χ2n) is 4.19. The van der Waals surface area contributed by atoms with Crippen molar-refractivity contribution in [2.24, 2.45) is 5.73 Å². The first-order valence-electron chi connectivity index (χ1n) is 5.36. The SMILES string of the molecule is COc1cc(C)c(C)cc1C(N)CC(C)=O. The van der Waals surface area contributed by atoms with Crippen molar-refractivity contribution in [3.63, 3.8) is 0 Å². The first-order chi connectivity index (χ1) is 7.45. The van der Waals surface area contributed by atoms with Crippen molar-refractivity contribution < 1.29 is 9.53 Å². The molecule has 0 aliphatic carbocycles. The van der Waals surface area contributed by atoms with Gasteiger partial charge in [0.25, 0.3) is 0 Å². The Kier molecular flexibility index (Phi) is 4.07. The van der Waals surface area contributed by atoms with Crippen molar-refractivity contribution in [3.8, 4) is 5.75 Å². The molecule has 0 aromatic heterocycles. The topological polar surface area (TPSA) is 52.3 Å². The Balaban J connectivity index is 3.10. The van der Waals surface area contributed by atoms with Crippen LogP contribution < -0.4 is 10.5 Å². The largest absolute Gasteiger partial charge is 0.496 e. The van der Waals surface area contributed by atoms with Crippen LogP contribution in [0.5, 0.6) is 5.75 Å². The first kappa shape index (κ1) is 12.7. The highest BCUT2D eigenvalue weighted by atomic mass is 16.5. The Morgan fingerprint density at radius 1 is 1.38 bits per heavy atom. The van der Waals surface area contributed by atoms with E-state index in [2.05, 4.69) is 0 Å². The molecule has 0 saturated heterocycles. The highest BCUT2D eigenvalue weighted by Gasteiger charge is 2.15. The van der Waals surface area contributed by atoms with Gasteiger partial charge in [-0.15, -0.1) is 0 Å². The van der Waals surface area contributed by atoms with Gasteiger partial charge in [0, 0.05) is 18.0 Å². The number of rotatable bonds is 4. The number of carbonyl (C=O) groups excluding carboxylic acids is 1. The molecule has 1 aromatic rings. The van der Waals surface area contributed by atoms with Crippen LogP contribution in [-0.2, 0) is 4.79 Å². The monoisotopic (exact) mass is 221 g/mol. The molecule has 0 amide bonds. The fourth-order valence-corrected chi connectivity index (χ4v) is 1.70. The van der Waals surface area contributed by atoms with E-state index in [1.165, 1.54) is 0 Å². The zero-order chi connectivity index (χ0) is 12.3. The van der Waals surface area contributed by atoms with Gasteiger partial charge < -0.3 is 10.5 Å². The van der Waals surface area contributed by atoms with Gasteiger partial charge in [-0.05, 0) is 38.0 Å². The minimum atomic E-state index is -0.285. The summed E-state index contributed by atoms with van der Waals surface area (Å²) in [5.74, 6) is 0.852. The lowest BCUT2D eigenvalue weighted by Crippen LogP contribution is -2.15. The van der Waals surface area contributed by atoms with E-state index in [-0.39, 0.29) is 11.8 Å². The molecular formula is C13H19NO2. The van der Waals surface area contributed by atoms with E-state index in [4.69, 9.17) is 10.5 Å². The summed E-state index contributed by atoms with van der Waals surface area (Å²) >= 11 is 0. The molecule has 0 spiro atoms. The maximum Gasteiger partial charge on any atom is 0.131 e. The lowest BCUT2D eigenvalue weighted by Gasteiger charge is -2.16. The normalized spacial score (nSPS) is 12.3. The van der Waals surface area contributed by atoms with Crippen LogP contribution in [0.1, 0.15) is 36.1 Å². The predicted molar refractivity (Wildman–Crippen MR) is 64.7 cm³/mol. The van der Waals surface area contributed by atoms with E-state index in [1.54, 1.807) is 14.0 Å². The quantitative estimate of drug-likeness (QED) is 0.848. The second-order valence-corrected chi connectivity index (χ2v) is 4.19. The van der Waals surface area contributed by atoms with Gasteiger partial charge in [0.2, 0.25) is 0 Å². The summed E-state index contributed by atoms with van der Waals surface area (Å²) in [6.07, 6.45) is 0.346. The summed E-state index contributed by atoms with van der Waals surface area (Å²) in [5.41, 5.74) is 9.22. The third kappa shape index (κ3) is 2.83. The zero-order valence-corrected chi connectivity index (χ0v) is 10.3. The van der Waals surface area contributed by atoms with Gasteiger partial charge in [-0.3, -0.25) is 4.79 Å². The van der Waals surface area contributed by atoms with E-state index in [1.807, 2.05) is 26.0 Å². The van der Waals surface area contributed by atoms with E-state index >= 15 is 0 Å². The minimum Gasteiger partial charge on any atom is -0.496 e. The summed E-state index contributed by atoms with van der Waals surface area (Å²) < 4.78 is 5.29. The number of aryl methyl sites for hydroxylation is 2. The summed E-state index contributed by atoms with van der Waals surface area (Å²) in [5, 5.41) is 0. The molecule has 1 aromatic carbocycles. The van der Waals surface area contributed by atoms with Crippen LogP contribution in [0.3, 0.4) is 0 Å². The average Bonchev–Trinajstić information content (AvgIpc) is 2.20. The van der Waals surface area contributed by atoms with Crippen LogP contribution >= 0.6 is 0 Å². The molecule has 1 unspecified atom stereocenters. The third-order valence-electron chi connectivity index (χ3n) is 2.75. The van der Waals surface area contributed by atoms with Crippen molar-refractivity contribution in [2.75, 3.05) is 7.11 Å². The molecule has 16 heavy (non-hydrogen) atoms. The van der Waals surface area contributed by atoms with Gasteiger partial charge >= 0.3 is 0 Å². The summed E-state index contributed by atoms with van der Waals surface area (Å²) in [4.78, 5) is 11.1. The number of nitrogens with two attached hydrogens (primary N) is 1. The molecule has 0 heterocycles. The Hall–Kier alpha value is -1.35. The van der Waals surface area contributed by atoms with Crippen LogP contribution in [0.2, 0.25) is 0 Å². The number of hydrogen-bond acceptors (Lipinski definition) is 3. The van der Waals surface area contributed by atoms with Gasteiger partial charge in [0.15, 0.2) is 0 Å². The number of benzene rings is 1. The fraction of sp³-hybridized carbons (Fsp3) is 0.462. The number of Topliss-reactive ketones (excluding diaryl/α,β-unsaturated/α-hetero) is 1. The molecule has 3 heteroatoms. The molecule has 0 saturated carbocycles. The Labute approximate surface area is 96.6 Å². The van der Waals surface area contributed by atoms with Gasteiger partial charge in [-0.2, -0.15) is 0 Å². The predicted octanol–water partition coefficient (Wildman–Crippen LogP) is 2.29. The van der Waals surface area contributed by atoms with Crippen molar-refractivity contribution in [2.45, 2.75) is 33.2 Å². The second kappa shape index (κ2) is 5.12. The van der Waals surface area contributed by atoms with Crippen LogP contribution in [0.25, 0.3) is 0 Å². The molecule has 0 radical (unpaired) electrons. The fourth-order valence-electron chi connectivity index (χ4n) is 1.70. The number of methoxy groups -OCH3 is 1. The van der Waals surface area contributed by atoms with E-state index in [0.717, 1.165) is 22.4 Å². The molecule has 0 bridgehead atoms. The smallest absolute Gasteiger partial charge is 0.131 e. The van der Waals surface area contributed by atoms with Crippen molar-refractivity contribution >= 4 is 5.78 Å². The molecule has 0 aliphatic rings. The number of carbonyl (C=O) groups is 1. The average molecular weight is 221 g/mol. The van der Waals surface area contributed by atoms with Crippen LogP contribution in [0, 0.1) is 13.8 Å². The van der Waals surface area contributed by atoms with Crippen LogP contribution in [0.4, 0.5) is 0 Å². The van der Waals surface area contributed by atoms with E-state index in [9.17, 15) is 4.79 Å². The van der Waals surface area contributed by atoms with Crippen molar-refractivity contribution in [1.29, 1.82) is 0 Å². The van der Waals surface area contributed by atoms with Gasteiger partial charge in [0.1, 0.15) is 11.5 Å². The highest BCUT2D eigenvalue weighted by molar-refractivity contribution is 5.76. The molecule has 1 atom stereocenters. The molecule has 3 nitrogen and oxygen atoms in total. The van der Waals surface area contributed by atoms with E-state index < -0.39 is 0 Å². The van der Waals surface area contributed by atoms with Crippen LogP contribution in [-0.4, -0.2) is 12.9 Å². The number of hydrogen-bond donors (Lipinski definition) is 1. The van der Waals surface area contributed by atoms with Crippen molar-refractivity contribution in [3.05, 3.63) is 28.8 Å².